The van der Waals surface area contributed by atoms with E-state index < -0.39 is 21.8 Å². The first-order chi connectivity index (χ1) is 17.3. The molecule has 0 aromatic heterocycles. The molecular formula is C28H29N2O5S+. The molecule has 186 valence electrons. The molecule has 0 atom stereocenters. The molecule has 4 rings (SSSR count). The van der Waals surface area contributed by atoms with E-state index in [0.29, 0.717) is 5.56 Å². The van der Waals surface area contributed by atoms with Gasteiger partial charge in [-0.15, -0.1) is 0 Å². The summed E-state index contributed by atoms with van der Waals surface area (Å²) in [5, 5.41) is 0. The Hall–Kier alpha value is -3.75. The van der Waals surface area contributed by atoms with E-state index in [2.05, 4.69) is 13.8 Å². The third-order valence-electron chi connectivity index (χ3n) is 6.39. The molecule has 0 radical (unpaired) electrons. The number of ether oxygens (including phenoxy) is 1. The molecule has 0 saturated heterocycles. The molecule has 0 fully saturated rings. The van der Waals surface area contributed by atoms with Crippen LogP contribution in [-0.4, -0.2) is 44.6 Å². The third-order valence-corrected chi connectivity index (χ3v) is 8.21. The van der Waals surface area contributed by atoms with Gasteiger partial charge in [0, 0.05) is 23.7 Å². The first-order valence-electron chi connectivity index (χ1n) is 11.8. The first-order valence-corrected chi connectivity index (χ1v) is 13.3. The fourth-order valence-electron chi connectivity index (χ4n) is 4.19. The highest BCUT2D eigenvalue weighted by Gasteiger charge is 2.39. The van der Waals surface area contributed by atoms with Crippen molar-refractivity contribution in [1.29, 1.82) is 0 Å². The van der Waals surface area contributed by atoms with Gasteiger partial charge < -0.3 is 9.64 Å². The van der Waals surface area contributed by atoms with Crippen molar-refractivity contribution in [2.75, 3.05) is 20.1 Å². The zero-order valence-electron chi connectivity index (χ0n) is 20.5. The number of hydrogen-bond donors (Lipinski definition) is 1. The number of fused-ring (bicyclic) bond motifs is 1. The Morgan fingerprint density at radius 3 is 2.08 bits per heavy atom. The fraction of sp³-hybridized carbons (Fsp3) is 0.214. The third kappa shape index (κ3) is 4.82. The maximum Gasteiger partial charge on any atom is 0.343 e. The van der Waals surface area contributed by atoms with E-state index in [0.717, 1.165) is 29.5 Å². The minimum atomic E-state index is -4.02. The molecule has 0 bridgehead atoms. The lowest BCUT2D eigenvalue weighted by molar-refractivity contribution is -0.910. The number of nitrogens with zero attached hydrogens (tertiary/aromatic N) is 1. The fourth-order valence-corrected chi connectivity index (χ4v) is 5.58. The van der Waals surface area contributed by atoms with E-state index in [4.69, 9.17) is 4.74 Å². The molecule has 36 heavy (non-hydrogen) atoms. The maximum absolute atomic E-state index is 13.5. The van der Waals surface area contributed by atoms with E-state index >= 15 is 0 Å². The number of rotatable bonds is 8. The average molecular weight is 506 g/mol. The number of allylic oxidation sites excluding steroid dienone is 1. The summed E-state index contributed by atoms with van der Waals surface area (Å²) in [7, 11) is -2.73. The Bertz CT molecular complexity index is 1410. The molecular weight excluding hydrogens is 476 g/mol. The Morgan fingerprint density at radius 1 is 0.833 bits per heavy atom. The van der Waals surface area contributed by atoms with Crippen LogP contribution in [0.2, 0.25) is 0 Å². The van der Waals surface area contributed by atoms with E-state index in [9.17, 15) is 18.0 Å². The molecule has 0 aliphatic carbocycles. The Labute approximate surface area is 211 Å². The number of benzene rings is 3. The van der Waals surface area contributed by atoms with Crippen molar-refractivity contribution in [3.8, 4) is 0 Å². The van der Waals surface area contributed by atoms with E-state index in [1.807, 2.05) is 12.1 Å². The van der Waals surface area contributed by atoms with E-state index in [1.54, 1.807) is 54.6 Å². The van der Waals surface area contributed by atoms with Crippen LogP contribution in [0, 0.1) is 0 Å². The Balaban J connectivity index is 1.75. The molecule has 1 aliphatic heterocycles. The summed E-state index contributed by atoms with van der Waals surface area (Å²) >= 11 is 0. The summed E-state index contributed by atoms with van der Waals surface area (Å²) in [4.78, 5) is 28.1. The zero-order valence-corrected chi connectivity index (χ0v) is 21.3. The van der Waals surface area contributed by atoms with Crippen LogP contribution in [0.3, 0.4) is 0 Å². The second-order valence-corrected chi connectivity index (χ2v) is 10.5. The highest BCUT2D eigenvalue weighted by atomic mass is 32.2. The van der Waals surface area contributed by atoms with Crippen LogP contribution in [0.4, 0.5) is 0 Å². The molecule has 1 N–H and O–H groups in total. The SMILES string of the molecule is CC[NH+](CC)Cc1ccc(C(=O)OC2=C(C(=O)c3ccccc3)N(C)S(=O)(=O)c3ccccc32)cc1. The molecule has 0 unspecified atom stereocenters. The second-order valence-electron chi connectivity index (χ2n) is 8.56. The van der Waals surface area contributed by atoms with Crippen molar-refractivity contribution >= 4 is 27.5 Å². The zero-order chi connectivity index (χ0) is 25.9. The smallest absolute Gasteiger partial charge is 0.343 e. The van der Waals surface area contributed by atoms with Gasteiger partial charge in [0.05, 0.1) is 23.5 Å². The Morgan fingerprint density at radius 2 is 1.44 bits per heavy atom. The van der Waals surface area contributed by atoms with Crippen molar-refractivity contribution < 1.29 is 27.6 Å². The molecule has 7 nitrogen and oxygen atoms in total. The number of likely N-dealkylation sites (N-methyl/N-ethyl adjacent to an activating group) is 1. The number of sulfonamides is 1. The predicted molar refractivity (Wildman–Crippen MR) is 137 cm³/mol. The largest absolute Gasteiger partial charge is 0.420 e. The van der Waals surface area contributed by atoms with Crippen molar-refractivity contribution in [2.24, 2.45) is 0 Å². The molecule has 1 aliphatic rings. The van der Waals surface area contributed by atoms with Gasteiger partial charge in [-0.05, 0) is 38.1 Å². The summed E-state index contributed by atoms with van der Waals surface area (Å²) in [5.74, 6) is -1.32. The van der Waals surface area contributed by atoms with Gasteiger partial charge in [-0.2, -0.15) is 0 Å². The number of quaternary nitrogens is 1. The lowest BCUT2D eigenvalue weighted by atomic mass is 10.0. The highest BCUT2D eigenvalue weighted by Crippen LogP contribution is 2.38. The predicted octanol–water partition coefficient (Wildman–Crippen LogP) is 3.15. The number of ketones is 1. The summed E-state index contributed by atoms with van der Waals surface area (Å²) in [6.07, 6.45) is 0. The van der Waals surface area contributed by atoms with Crippen molar-refractivity contribution in [3.63, 3.8) is 0 Å². The monoisotopic (exact) mass is 505 g/mol. The van der Waals surface area contributed by atoms with Crippen LogP contribution in [0.5, 0.6) is 0 Å². The van der Waals surface area contributed by atoms with Crippen LogP contribution in [-0.2, 0) is 21.3 Å². The number of nitrogens with one attached hydrogen (secondary N) is 1. The van der Waals surface area contributed by atoms with Gasteiger partial charge in [-0.25, -0.2) is 13.2 Å². The minimum Gasteiger partial charge on any atom is -0.420 e. The van der Waals surface area contributed by atoms with E-state index in [-0.39, 0.29) is 27.5 Å². The Kier molecular flexibility index (Phi) is 7.37. The second kappa shape index (κ2) is 10.5. The normalized spacial score (nSPS) is 14.5. The summed E-state index contributed by atoms with van der Waals surface area (Å²) in [5.41, 5.74) is 1.64. The maximum atomic E-state index is 13.5. The van der Waals surface area contributed by atoms with Gasteiger partial charge >= 0.3 is 5.97 Å². The van der Waals surface area contributed by atoms with Crippen LogP contribution in [0.15, 0.2) is 89.5 Å². The number of carbonyl (C=O) groups is 2. The first kappa shape index (κ1) is 25.3. The number of esters is 1. The quantitative estimate of drug-likeness (QED) is 0.376. The van der Waals surface area contributed by atoms with Crippen molar-refractivity contribution in [2.45, 2.75) is 25.3 Å². The molecule has 3 aromatic carbocycles. The minimum absolute atomic E-state index is 0.0301. The molecule has 0 spiro atoms. The van der Waals surface area contributed by atoms with Crippen LogP contribution >= 0.6 is 0 Å². The summed E-state index contributed by atoms with van der Waals surface area (Å²) in [6, 6.07) is 21.7. The summed E-state index contributed by atoms with van der Waals surface area (Å²) in [6.45, 7) is 7.11. The molecule has 0 saturated carbocycles. The van der Waals surface area contributed by atoms with Crippen LogP contribution in [0.25, 0.3) is 5.76 Å². The lowest BCUT2D eigenvalue weighted by Crippen LogP contribution is -3.10. The lowest BCUT2D eigenvalue weighted by Gasteiger charge is -2.30. The van der Waals surface area contributed by atoms with Crippen LogP contribution in [0.1, 0.15) is 45.7 Å². The average Bonchev–Trinajstić information content (AvgIpc) is 2.91. The standard InChI is InChI=1S/C28H28N2O5S/c1-4-30(5-2)19-20-15-17-22(18-16-20)28(32)35-27-23-13-9-10-14-24(23)36(33,34)29(3)25(27)26(31)21-11-7-6-8-12-21/h6-18H,4-5,19H2,1-3H3/p+1. The van der Waals surface area contributed by atoms with Gasteiger partial charge in [0.1, 0.15) is 12.2 Å². The topological polar surface area (TPSA) is 85.2 Å². The van der Waals surface area contributed by atoms with Gasteiger partial charge in [0.15, 0.2) is 5.76 Å². The molecule has 3 aromatic rings. The molecule has 8 heteroatoms. The van der Waals surface area contributed by atoms with Crippen molar-refractivity contribution in [3.05, 3.63) is 107 Å². The number of Topliss-reactive ketones (excluding diaryl/α,β-unsaturated/α-hetero) is 1. The highest BCUT2D eigenvalue weighted by molar-refractivity contribution is 7.89. The van der Waals surface area contributed by atoms with Crippen LogP contribution < -0.4 is 4.90 Å². The number of hydrogen-bond acceptors (Lipinski definition) is 5. The van der Waals surface area contributed by atoms with Crippen molar-refractivity contribution in [1.82, 2.24) is 4.31 Å². The van der Waals surface area contributed by atoms with Gasteiger partial charge in [0.25, 0.3) is 10.0 Å². The molecule has 0 amide bonds. The number of carbonyl (C=O) groups excluding carboxylic acids is 2. The van der Waals surface area contributed by atoms with E-state index in [1.165, 1.54) is 24.1 Å². The van der Waals surface area contributed by atoms with Gasteiger partial charge in [-0.1, -0.05) is 54.6 Å². The van der Waals surface area contributed by atoms with Gasteiger partial charge in [0.2, 0.25) is 5.78 Å². The van der Waals surface area contributed by atoms with Gasteiger partial charge in [-0.3, -0.25) is 9.10 Å². The molecule has 1 heterocycles. The summed E-state index contributed by atoms with van der Waals surface area (Å²) < 4.78 is 33.1.